The van der Waals surface area contributed by atoms with Crippen LogP contribution in [0.3, 0.4) is 0 Å². The molecule has 3 rings (SSSR count). The van der Waals surface area contributed by atoms with E-state index in [1.165, 1.54) is 12.0 Å². The predicted molar refractivity (Wildman–Crippen MR) is 108 cm³/mol. The number of benzene rings is 1. The van der Waals surface area contributed by atoms with Gasteiger partial charge in [-0.15, -0.1) is 12.4 Å². The molecule has 4 nitrogen and oxygen atoms in total. The molecule has 1 unspecified atom stereocenters. The minimum atomic E-state index is -0.434. The molecule has 0 radical (unpaired) electrons. The molecule has 2 saturated heterocycles. The summed E-state index contributed by atoms with van der Waals surface area (Å²) in [5.41, 5.74) is 1.83. The van der Waals surface area contributed by atoms with Crippen molar-refractivity contribution in [1.82, 2.24) is 10.2 Å². The number of amides is 1. The standard InChI is InChI=1S/C21H32N2O2.ClH/c1-16(25-18-7-5-17(6-8-18)20(2,3)4)19(24)23-13-10-21(11-14-23)9-12-22-15-21;/h5-8,16,22H,9-15H2,1-4H3;1H. The van der Waals surface area contributed by atoms with E-state index in [4.69, 9.17) is 4.74 Å². The van der Waals surface area contributed by atoms with Gasteiger partial charge >= 0.3 is 0 Å². The van der Waals surface area contributed by atoms with Gasteiger partial charge in [-0.3, -0.25) is 4.79 Å². The normalized spacial score (nSPS) is 20.5. The summed E-state index contributed by atoms with van der Waals surface area (Å²) in [5, 5.41) is 3.47. The summed E-state index contributed by atoms with van der Waals surface area (Å²) in [5.74, 6) is 0.878. The maximum absolute atomic E-state index is 12.7. The van der Waals surface area contributed by atoms with Crippen LogP contribution in [0.25, 0.3) is 0 Å². The predicted octanol–water partition coefficient (Wildman–Crippen LogP) is 3.78. The highest BCUT2D eigenvalue weighted by molar-refractivity contribution is 5.85. The van der Waals surface area contributed by atoms with Crippen molar-refractivity contribution in [3.05, 3.63) is 29.8 Å². The zero-order valence-corrected chi connectivity index (χ0v) is 17.3. The van der Waals surface area contributed by atoms with Crippen molar-refractivity contribution in [1.29, 1.82) is 0 Å². The molecule has 1 N–H and O–H groups in total. The molecule has 1 aromatic carbocycles. The number of carbonyl (C=O) groups excluding carboxylic acids is 1. The van der Waals surface area contributed by atoms with E-state index in [0.717, 1.165) is 44.8 Å². The van der Waals surface area contributed by atoms with Crippen molar-refractivity contribution in [2.24, 2.45) is 5.41 Å². The summed E-state index contributed by atoms with van der Waals surface area (Å²) in [6, 6.07) is 8.12. The van der Waals surface area contributed by atoms with Crippen LogP contribution in [0.15, 0.2) is 24.3 Å². The Morgan fingerprint density at radius 3 is 2.27 bits per heavy atom. The number of halogens is 1. The second-order valence-electron chi connectivity index (χ2n) is 8.79. The van der Waals surface area contributed by atoms with Crippen molar-refractivity contribution < 1.29 is 9.53 Å². The number of nitrogens with one attached hydrogen (secondary N) is 1. The molecule has 0 saturated carbocycles. The Labute approximate surface area is 164 Å². The zero-order valence-electron chi connectivity index (χ0n) is 16.5. The summed E-state index contributed by atoms with van der Waals surface area (Å²) < 4.78 is 5.91. The highest BCUT2D eigenvalue weighted by Gasteiger charge is 2.38. The fourth-order valence-electron chi connectivity index (χ4n) is 3.97. The Hall–Kier alpha value is -1.26. The van der Waals surface area contributed by atoms with Crippen molar-refractivity contribution in [3.8, 4) is 5.75 Å². The van der Waals surface area contributed by atoms with Crippen LogP contribution in [0.5, 0.6) is 5.75 Å². The van der Waals surface area contributed by atoms with Gasteiger partial charge in [0.05, 0.1) is 0 Å². The zero-order chi connectivity index (χ0) is 18.1. The number of nitrogens with zero attached hydrogens (tertiary/aromatic N) is 1. The fourth-order valence-corrected chi connectivity index (χ4v) is 3.97. The Morgan fingerprint density at radius 1 is 1.15 bits per heavy atom. The van der Waals surface area contributed by atoms with Crippen molar-refractivity contribution in [2.45, 2.75) is 58.5 Å². The molecule has 1 atom stereocenters. The van der Waals surface area contributed by atoms with E-state index in [0.29, 0.717) is 5.41 Å². The maximum atomic E-state index is 12.7. The molecular weight excluding hydrogens is 348 g/mol. The van der Waals surface area contributed by atoms with Gasteiger partial charge in [0.15, 0.2) is 6.10 Å². The minimum absolute atomic E-state index is 0. The van der Waals surface area contributed by atoms with E-state index in [9.17, 15) is 4.79 Å². The lowest BCUT2D eigenvalue weighted by Gasteiger charge is -2.39. The number of carbonyl (C=O) groups is 1. The maximum Gasteiger partial charge on any atom is 0.263 e. The molecular formula is C21H33ClN2O2. The summed E-state index contributed by atoms with van der Waals surface area (Å²) >= 11 is 0. The monoisotopic (exact) mass is 380 g/mol. The van der Waals surface area contributed by atoms with Gasteiger partial charge in [0.1, 0.15) is 5.75 Å². The lowest BCUT2D eigenvalue weighted by molar-refractivity contribution is -0.140. The van der Waals surface area contributed by atoms with Crippen LogP contribution in [0.1, 0.15) is 52.5 Å². The van der Waals surface area contributed by atoms with E-state index >= 15 is 0 Å². The number of rotatable bonds is 3. The average molecular weight is 381 g/mol. The first-order chi connectivity index (χ1) is 11.8. The van der Waals surface area contributed by atoms with E-state index in [2.05, 4.69) is 38.2 Å². The SMILES string of the molecule is CC(Oc1ccc(C(C)(C)C)cc1)C(=O)N1CCC2(CCNC2)CC1.Cl. The molecule has 0 aromatic heterocycles. The van der Waals surface area contributed by atoms with Crippen LogP contribution >= 0.6 is 12.4 Å². The molecule has 26 heavy (non-hydrogen) atoms. The number of ether oxygens (including phenoxy) is 1. The highest BCUT2D eigenvalue weighted by atomic mass is 35.5. The molecule has 2 heterocycles. The molecule has 1 aromatic rings. The molecule has 1 spiro atoms. The topological polar surface area (TPSA) is 41.6 Å². The quantitative estimate of drug-likeness (QED) is 0.867. The highest BCUT2D eigenvalue weighted by Crippen LogP contribution is 2.37. The Balaban J connectivity index is 0.00000243. The number of hydrogen-bond acceptors (Lipinski definition) is 3. The van der Waals surface area contributed by atoms with Gasteiger partial charge in [-0.05, 0) is 61.3 Å². The van der Waals surface area contributed by atoms with Crippen molar-refractivity contribution in [3.63, 3.8) is 0 Å². The van der Waals surface area contributed by atoms with E-state index in [-0.39, 0.29) is 23.7 Å². The van der Waals surface area contributed by atoms with E-state index in [1.54, 1.807) is 0 Å². The van der Waals surface area contributed by atoms with Crippen LogP contribution in [0.4, 0.5) is 0 Å². The van der Waals surface area contributed by atoms with Crippen LogP contribution in [-0.4, -0.2) is 43.1 Å². The van der Waals surface area contributed by atoms with Crippen LogP contribution in [-0.2, 0) is 10.2 Å². The Morgan fingerprint density at radius 2 is 1.77 bits per heavy atom. The molecule has 1 amide bonds. The second-order valence-corrected chi connectivity index (χ2v) is 8.79. The number of likely N-dealkylation sites (tertiary alicyclic amines) is 1. The Kier molecular flexibility index (Phi) is 6.62. The largest absolute Gasteiger partial charge is 0.481 e. The minimum Gasteiger partial charge on any atom is -0.481 e. The lowest BCUT2D eigenvalue weighted by Crippen LogP contribution is -2.48. The van der Waals surface area contributed by atoms with Gasteiger partial charge in [-0.25, -0.2) is 0 Å². The van der Waals surface area contributed by atoms with Crippen LogP contribution in [0.2, 0.25) is 0 Å². The Bertz CT molecular complexity index is 593. The van der Waals surface area contributed by atoms with E-state index in [1.807, 2.05) is 24.0 Å². The number of piperidine rings is 1. The molecule has 2 aliphatic rings. The third-order valence-electron chi connectivity index (χ3n) is 5.85. The third kappa shape index (κ3) is 4.72. The van der Waals surface area contributed by atoms with E-state index < -0.39 is 6.10 Å². The lowest BCUT2D eigenvalue weighted by atomic mass is 9.78. The van der Waals surface area contributed by atoms with Crippen molar-refractivity contribution in [2.75, 3.05) is 26.2 Å². The summed E-state index contributed by atoms with van der Waals surface area (Å²) in [4.78, 5) is 14.7. The van der Waals surface area contributed by atoms with Crippen molar-refractivity contribution >= 4 is 18.3 Å². The van der Waals surface area contributed by atoms with Gasteiger partial charge in [0.2, 0.25) is 0 Å². The smallest absolute Gasteiger partial charge is 0.263 e. The first-order valence-electron chi connectivity index (χ1n) is 9.56. The number of hydrogen-bond donors (Lipinski definition) is 1. The third-order valence-corrected chi connectivity index (χ3v) is 5.85. The average Bonchev–Trinajstić information content (AvgIpc) is 3.03. The van der Waals surface area contributed by atoms with Gasteiger partial charge in [0.25, 0.3) is 5.91 Å². The summed E-state index contributed by atoms with van der Waals surface area (Å²) in [6.45, 7) is 12.4. The molecule has 2 aliphatic heterocycles. The fraction of sp³-hybridized carbons (Fsp3) is 0.667. The first-order valence-corrected chi connectivity index (χ1v) is 9.56. The van der Waals surface area contributed by atoms with Gasteiger partial charge < -0.3 is 15.0 Å². The second kappa shape index (κ2) is 8.18. The molecule has 2 fully saturated rings. The first kappa shape index (κ1) is 21.0. The van der Waals surface area contributed by atoms with Crippen LogP contribution < -0.4 is 10.1 Å². The summed E-state index contributed by atoms with van der Waals surface area (Å²) in [6.07, 6.45) is 3.04. The molecule has 0 aliphatic carbocycles. The van der Waals surface area contributed by atoms with Gasteiger partial charge in [-0.1, -0.05) is 32.9 Å². The molecule has 146 valence electrons. The van der Waals surface area contributed by atoms with Gasteiger partial charge in [0, 0.05) is 19.6 Å². The molecule has 0 bridgehead atoms. The van der Waals surface area contributed by atoms with Crippen LogP contribution in [0, 0.1) is 5.41 Å². The van der Waals surface area contributed by atoms with Gasteiger partial charge in [-0.2, -0.15) is 0 Å². The summed E-state index contributed by atoms with van der Waals surface area (Å²) in [7, 11) is 0. The molecule has 5 heteroatoms.